The van der Waals surface area contributed by atoms with Crippen molar-refractivity contribution in [2.45, 2.75) is 56.8 Å². The van der Waals surface area contributed by atoms with E-state index in [0.29, 0.717) is 0 Å². The Labute approximate surface area is 137 Å². The van der Waals surface area contributed by atoms with E-state index >= 15 is 0 Å². The summed E-state index contributed by atoms with van der Waals surface area (Å²) in [7, 11) is 0. The molecule has 1 saturated carbocycles. The molecule has 0 radical (unpaired) electrons. The van der Waals surface area contributed by atoms with Crippen molar-refractivity contribution in [3.8, 4) is 0 Å². The Hall–Kier alpha value is -1.33. The van der Waals surface area contributed by atoms with Gasteiger partial charge in [-0.1, -0.05) is 0 Å². The van der Waals surface area contributed by atoms with Crippen LogP contribution in [0.1, 0.15) is 44.3 Å². The minimum atomic E-state index is -0.231. The predicted octanol–water partition coefficient (Wildman–Crippen LogP) is 2.32. The van der Waals surface area contributed by atoms with Crippen molar-refractivity contribution < 1.29 is 13.9 Å². The standard InChI is InChI=1S/C18H26N2O3/c21-17(19-12-14-3-4-14)16-5-6-18(23-16)7-9-20(10-8-18)13-15-2-1-11-22-15/h1-2,11,14,16H,3-10,12-13H2,(H,19,21)/t16-/m0/s1. The van der Waals surface area contributed by atoms with E-state index in [2.05, 4.69) is 10.2 Å². The maximum Gasteiger partial charge on any atom is 0.249 e. The van der Waals surface area contributed by atoms with Crippen LogP contribution in [-0.2, 0) is 16.1 Å². The summed E-state index contributed by atoms with van der Waals surface area (Å²) < 4.78 is 11.7. The van der Waals surface area contributed by atoms with Gasteiger partial charge in [-0.25, -0.2) is 0 Å². The third-order valence-corrected chi connectivity index (χ3v) is 5.54. The first kappa shape index (κ1) is 15.2. The number of furan rings is 1. The largest absolute Gasteiger partial charge is 0.468 e. The van der Waals surface area contributed by atoms with Crippen LogP contribution in [0, 0.1) is 5.92 Å². The fourth-order valence-electron chi connectivity index (χ4n) is 3.79. The van der Waals surface area contributed by atoms with Gasteiger partial charge in [-0.05, 0) is 56.6 Å². The van der Waals surface area contributed by atoms with Gasteiger partial charge in [-0.2, -0.15) is 0 Å². The lowest BCUT2D eigenvalue weighted by molar-refractivity contribution is -0.141. The highest BCUT2D eigenvalue weighted by molar-refractivity contribution is 5.81. The van der Waals surface area contributed by atoms with Crippen LogP contribution in [0.3, 0.4) is 0 Å². The molecule has 5 heteroatoms. The molecule has 1 aliphatic carbocycles. The summed E-state index contributed by atoms with van der Waals surface area (Å²) in [5, 5.41) is 3.06. The van der Waals surface area contributed by atoms with Crippen molar-refractivity contribution in [1.82, 2.24) is 10.2 Å². The monoisotopic (exact) mass is 318 g/mol. The van der Waals surface area contributed by atoms with Crippen LogP contribution in [0.5, 0.6) is 0 Å². The molecule has 1 N–H and O–H groups in total. The van der Waals surface area contributed by atoms with Crippen molar-refractivity contribution >= 4 is 5.91 Å². The van der Waals surface area contributed by atoms with Crippen molar-refractivity contribution in [2.75, 3.05) is 19.6 Å². The molecule has 1 spiro atoms. The molecule has 23 heavy (non-hydrogen) atoms. The van der Waals surface area contributed by atoms with Crippen molar-refractivity contribution in [2.24, 2.45) is 5.92 Å². The number of carbonyl (C=O) groups is 1. The number of hydrogen-bond acceptors (Lipinski definition) is 4. The quantitative estimate of drug-likeness (QED) is 0.905. The fraction of sp³-hybridized carbons (Fsp3) is 0.722. The molecule has 2 aliphatic heterocycles. The fourth-order valence-corrected chi connectivity index (χ4v) is 3.79. The minimum Gasteiger partial charge on any atom is -0.468 e. The van der Waals surface area contributed by atoms with Crippen LogP contribution in [0.15, 0.2) is 22.8 Å². The first-order chi connectivity index (χ1) is 11.2. The van der Waals surface area contributed by atoms with E-state index in [4.69, 9.17) is 9.15 Å². The lowest BCUT2D eigenvalue weighted by Gasteiger charge is -2.38. The number of ether oxygens (including phenoxy) is 1. The molecule has 0 aromatic carbocycles. The smallest absolute Gasteiger partial charge is 0.249 e. The summed E-state index contributed by atoms with van der Waals surface area (Å²) in [6, 6.07) is 3.96. The van der Waals surface area contributed by atoms with Crippen LogP contribution < -0.4 is 5.32 Å². The van der Waals surface area contributed by atoms with Crippen LogP contribution in [0.4, 0.5) is 0 Å². The highest BCUT2D eigenvalue weighted by Crippen LogP contribution is 2.39. The van der Waals surface area contributed by atoms with Crippen LogP contribution in [-0.4, -0.2) is 42.1 Å². The maximum atomic E-state index is 12.2. The van der Waals surface area contributed by atoms with Gasteiger partial charge in [-0.15, -0.1) is 0 Å². The van der Waals surface area contributed by atoms with Gasteiger partial charge in [0, 0.05) is 19.6 Å². The predicted molar refractivity (Wildman–Crippen MR) is 85.8 cm³/mol. The van der Waals surface area contributed by atoms with Crippen molar-refractivity contribution in [3.63, 3.8) is 0 Å². The Morgan fingerprint density at radius 2 is 2.09 bits per heavy atom. The zero-order valence-corrected chi connectivity index (χ0v) is 13.6. The number of amides is 1. The molecule has 0 unspecified atom stereocenters. The molecule has 126 valence electrons. The first-order valence-corrected chi connectivity index (χ1v) is 8.93. The van der Waals surface area contributed by atoms with Crippen molar-refractivity contribution in [3.05, 3.63) is 24.2 Å². The summed E-state index contributed by atoms with van der Waals surface area (Å²) in [5.74, 6) is 1.84. The number of hydrogen-bond donors (Lipinski definition) is 1. The van der Waals surface area contributed by atoms with E-state index in [9.17, 15) is 4.79 Å². The minimum absolute atomic E-state index is 0.0682. The second-order valence-corrected chi connectivity index (χ2v) is 7.37. The van der Waals surface area contributed by atoms with E-state index < -0.39 is 0 Å². The summed E-state index contributed by atoms with van der Waals surface area (Å²) in [4.78, 5) is 14.6. The molecule has 5 nitrogen and oxygen atoms in total. The molecule has 3 heterocycles. The Bertz CT molecular complexity index is 530. The molecular formula is C18H26N2O3. The zero-order chi connectivity index (χ0) is 15.7. The van der Waals surface area contributed by atoms with E-state index in [-0.39, 0.29) is 17.6 Å². The summed E-state index contributed by atoms with van der Waals surface area (Å²) in [6.45, 7) is 3.73. The Balaban J connectivity index is 1.25. The Morgan fingerprint density at radius 3 is 2.78 bits per heavy atom. The lowest BCUT2D eigenvalue weighted by atomic mass is 9.88. The molecule has 3 fully saturated rings. The number of carbonyl (C=O) groups excluding carboxylic acids is 1. The van der Waals surface area contributed by atoms with Gasteiger partial charge < -0.3 is 14.5 Å². The Kier molecular flexibility index (Phi) is 4.16. The van der Waals surface area contributed by atoms with Gasteiger partial charge in [0.2, 0.25) is 5.91 Å². The highest BCUT2D eigenvalue weighted by Gasteiger charge is 2.44. The SMILES string of the molecule is O=C(NCC1CC1)[C@@H]1CCC2(CCN(Cc3ccco3)CC2)O1. The molecule has 1 aromatic heterocycles. The third kappa shape index (κ3) is 3.61. The van der Waals surface area contributed by atoms with Gasteiger partial charge in [0.15, 0.2) is 0 Å². The second-order valence-electron chi connectivity index (χ2n) is 7.37. The number of nitrogens with one attached hydrogen (secondary N) is 1. The van der Waals surface area contributed by atoms with E-state index in [1.807, 2.05) is 12.1 Å². The van der Waals surface area contributed by atoms with Gasteiger partial charge in [0.25, 0.3) is 0 Å². The molecule has 3 aliphatic rings. The van der Waals surface area contributed by atoms with Crippen molar-refractivity contribution in [1.29, 1.82) is 0 Å². The topological polar surface area (TPSA) is 54.7 Å². The van der Waals surface area contributed by atoms with E-state index in [1.54, 1.807) is 6.26 Å². The van der Waals surface area contributed by atoms with Gasteiger partial charge in [0.1, 0.15) is 11.9 Å². The highest BCUT2D eigenvalue weighted by atomic mass is 16.5. The molecule has 1 atom stereocenters. The first-order valence-electron chi connectivity index (χ1n) is 8.93. The number of nitrogens with zero attached hydrogens (tertiary/aromatic N) is 1. The number of likely N-dealkylation sites (tertiary alicyclic amines) is 1. The van der Waals surface area contributed by atoms with E-state index in [1.165, 1.54) is 12.8 Å². The molecule has 1 aromatic rings. The number of piperidine rings is 1. The average molecular weight is 318 g/mol. The normalized spacial score (nSPS) is 27.4. The van der Waals surface area contributed by atoms with Gasteiger partial charge in [-0.3, -0.25) is 9.69 Å². The molecule has 2 saturated heterocycles. The Morgan fingerprint density at radius 1 is 1.26 bits per heavy atom. The van der Waals surface area contributed by atoms with Gasteiger partial charge in [0.05, 0.1) is 18.4 Å². The molecular weight excluding hydrogens is 292 g/mol. The van der Waals surface area contributed by atoms with Crippen LogP contribution in [0.2, 0.25) is 0 Å². The summed E-state index contributed by atoms with van der Waals surface area (Å²) in [5.41, 5.74) is -0.0682. The summed E-state index contributed by atoms with van der Waals surface area (Å²) in [6.07, 6.45) is 7.94. The molecule has 4 rings (SSSR count). The third-order valence-electron chi connectivity index (χ3n) is 5.54. The lowest BCUT2D eigenvalue weighted by Crippen LogP contribution is -2.45. The van der Waals surface area contributed by atoms with Crippen LogP contribution >= 0.6 is 0 Å². The van der Waals surface area contributed by atoms with Crippen LogP contribution in [0.25, 0.3) is 0 Å². The van der Waals surface area contributed by atoms with Gasteiger partial charge >= 0.3 is 0 Å². The zero-order valence-electron chi connectivity index (χ0n) is 13.6. The van der Waals surface area contributed by atoms with E-state index in [0.717, 1.165) is 63.5 Å². The second kappa shape index (κ2) is 6.29. The summed E-state index contributed by atoms with van der Waals surface area (Å²) >= 11 is 0. The molecule has 0 bridgehead atoms. The average Bonchev–Trinajstić information content (AvgIpc) is 3.08. The maximum absolute atomic E-state index is 12.2. The number of rotatable bonds is 5. The molecule has 1 amide bonds.